The smallest absolute Gasteiger partial charge is 0.329 e. The molecule has 1 aliphatic heterocycles. The fraction of sp³-hybridized carbons (Fsp3) is 0.533. The molecule has 114 valence electrons. The average molecular weight is 325 g/mol. The Morgan fingerprint density at radius 2 is 2.10 bits per heavy atom. The molecule has 0 amide bonds. The summed E-state index contributed by atoms with van der Waals surface area (Å²) in [5, 5.41) is 9.04. The number of hydrogen-bond donors (Lipinski definition) is 2. The van der Waals surface area contributed by atoms with Crippen LogP contribution in [0.2, 0.25) is 0 Å². The maximum absolute atomic E-state index is 12.0. The highest BCUT2D eigenvalue weighted by molar-refractivity contribution is 8.04. The van der Waals surface area contributed by atoms with Gasteiger partial charge in [0.2, 0.25) is 0 Å². The minimum atomic E-state index is -0.910. The molecule has 0 saturated heterocycles. The highest BCUT2D eigenvalue weighted by Crippen LogP contribution is 2.30. The first kappa shape index (κ1) is 16.4. The predicted octanol–water partition coefficient (Wildman–Crippen LogP) is 2.90. The summed E-state index contributed by atoms with van der Waals surface area (Å²) in [5.74, 6) is 0.426. The van der Waals surface area contributed by atoms with Crippen molar-refractivity contribution < 1.29 is 14.7 Å². The Morgan fingerprint density at radius 1 is 1.33 bits per heavy atom. The summed E-state index contributed by atoms with van der Waals surface area (Å²) in [6, 6.07) is -0.705. The number of thiol groups is 1. The van der Waals surface area contributed by atoms with Crippen molar-refractivity contribution in [3.63, 3.8) is 0 Å². The second kappa shape index (κ2) is 7.84. The van der Waals surface area contributed by atoms with Crippen molar-refractivity contribution in [2.45, 2.75) is 38.1 Å². The first-order valence-electron chi connectivity index (χ1n) is 7.13. The van der Waals surface area contributed by atoms with Crippen LogP contribution >= 0.6 is 24.4 Å². The fourth-order valence-electron chi connectivity index (χ4n) is 2.29. The maximum Gasteiger partial charge on any atom is 0.329 e. The number of aliphatic imine (C=N–C) groups is 1. The Kier molecular flexibility index (Phi) is 6.11. The number of aliphatic carboxylic acids is 1. The molecule has 1 heterocycles. The molecule has 1 atom stereocenters. The summed E-state index contributed by atoms with van der Waals surface area (Å²) < 4.78 is 0. The van der Waals surface area contributed by atoms with E-state index >= 15 is 0 Å². The molecule has 4 nitrogen and oxygen atoms in total. The molecular formula is C15H19NO3S2. The summed E-state index contributed by atoms with van der Waals surface area (Å²) in [7, 11) is 0. The van der Waals surface area contributed by atoms with Gasteiger partial charge in [-0.1, -0.05) is 12.8 Å². The number of carboxylic acids is 1. The van der Waals surface area contributed by atoms with E-state index in [1.807, 2.05) is 0 Å². The lowest BCUT2D eigenvalue weighted by molar-refractivity contribution is -0.137. The number of carboxylic acid groups (broad SMARTS) is 1. The van der Waals surface area contributed by atoms with E-state index < -0.39 is 12.0 Å². The fourth-order valence-corrected chi connectivity index (χ4v) is 3.51. The van der Waals surface area contributed by atoms with Gasteiger partial charge < -0.3 is 5.11 Å². The largest absolute Gasteiger partial charge is 0.480 e. The van der Waals surface area contributed by atoms with Crippen LogP contribution in [0, 0.1) is 0 Å². The second-order valence-corrected chi connectivity index (χ2v) is 6.62. The van der Waals surface area contributed by atoms with Gasteiger partial charge in [0.15, 0.2) is 11.8 Å². The molecule has 0 fully saturated rings. The highest BCUT2D eigenvalue weighted by Gasteiger charge is 2.27. The van der Waals surface area contributed by atoms with Gasteiger partial charge in [-0.05, 0) is 31.1 Å². The summed E-state index contributed by atoms with van der Waals surface area (Å²) in [6.07, 6.45) is 8.39. The van der Waals surface area contributed by atoms with Crippen LogP contribution in [0.1, 0.15) is 32.1 Å². The van der Waals surface area contributed by atoms with Gasteiger partial charge in [0, 0.05) is 22.3 Å². The summed E-state index contributed by atoms with van der Waals surface area (Å²) in [6.45, 7) is 0. The third-order valence-electron chi connectivity index (χ3n) is 3.47. The number of thioether (sulfide) groups is 1. The van der Waals surface area contributed by atoms with E-state index in [0.29, 0.717) is 11.5 Å². The number of rotatable bonds is 7. The topological polar surface area (TPSA) is 66.7 Å². The molecule has 1 unspecified atom stereocenters. The van der Waals surface area contributed by atoms with Crippen LogP contribution in [-0.2, 0) is 9.59 Å². The molecular weight excluding hydrogens is 306 g/mol. The normalized spacial score (nSPS) is 21.3. The van der Waals surface area contributed by atoms with Gasteiger partial charge in [-0.2, -0.15) is 12.6 Å². The molecule has 0 radical (unpaired) electrons. The molecule has 2 aliphatic rings. The van der Waals surface area contributed by atoms with Crippen molar-refractivity contribution in [3.8, 4) is 0 Å². The Labute approximate surface area is 134 Å². The minimum absolute atomic E-state index is 0.0411. The van der Waals surface area contributed by atoms with Gasteiger partial charge in [-0.25, -0.2) is 4.79 Å². The van der Waals surface area contributed by atoms with Crippen molar-refractivity contribution in [2.75, 3.05) is 11.5 Å². The van der Waals surface area contributed by atoms with Crippen LogP contribution in [-0.4, -0.2) is 40.1 Å². The third kappa shape index (κ3) is 4.48. The zero-order chi connectivity index (χ0) is 15.2. The molecule has 0 aromatic heterocycles. The zero-order valence-corrected chi connectivity index (χ0v) is 13.5. The van der Waals surface area contributed by atoms with Crippen molar-refractivity contribution in [3.05, 3.63) is 22.6 Å². The van der Waals surface area contributed by atoms with Crippen LogP contribution < -0.4 is 0 Å². The SMILES string of the molecule is O=C1C=C2SCC(C(=O)O)N=C2C=C1CCCCCCS. The van der Waals surface area contributed by atoms with Gasteiger partial charge in [0.1, 0.15) is 0 Å². The van der Waals surface area contributed by atoms with Crippen LogP contribution in [0.25, 0.3) is 0 Å². The number of fused-ring (bicyclic) bond motifs is 1. The lowest BCUT2D eigenvalue weighted by Crippen LogP contribution is -2.27. The standard InChI is InChI=1S/C15H19NO3S2/c17-13-8-14-11(16-12(9-21-14)15(18)19)7-10(13)5-3-1-2-4-6-20/h7-8,12,20H,1-6,9H2,(H,18,19). The second-order valence-electron chi connectivity index (χ2n) is 5.11. The molecule has 0 aromatic carbocycles. The van der Waals surface area contributed by atoms with Crippen molar-refractivity contribution in [1.82, 2.24) is 0 Å². The van der Waals surface area contributed by atoms with Crippen molar-refractivity contribution in [2.24, 2.45) is 4.99 Å². The summed E-state index contributed by atoms with van der Waals surface area (Å²) in [4.78, 5) is 28.1. The van der Waals surface area contributed by atoms with E-state index in [1.54, 1.807) is 12.2 Å². The first-order chi connectivity index (χ1) is 10.1. The van der Waals surface area contributed by atoms with E-state index in [-0.39, 0.29) is 5.78 Å². The molecule has 0 saturated carbocycles. The molecule has 1 aliphatic carbocycles. The first-order valence-corrected chi connectivity index (χ1v) is 8.75. The monoisotopic (exact) mass is 325 g/mol. The van der Waals surface area contributed by atoms with Crippen LogP contribution in [0.4, 0.5) is 0 Å². The molecule has 1 N–H and O–H groups in total. The Bertz CT molecular complexity index is 523. The molecule has 0 spiro atoms. The summed E-state index contributed by atoms with van der Waals surface area (Å²) >= 11 is 5.58. The number of carbonyl (C=O) groups excluding carboxylic acids is 1. The van der Waals surface area contributed by atoms with E-state index in [0.717, 1.165) is 48.3 Å². The van der Waals surface area contributed by atoms with Crippen molar-refractivity contribution >= 4 is 41.9 Å². The number of carbonyl (C=O) groups is 2. The van der Waals surface area contributed by atoms with Gasteiger partial charge in [0.25, 0.3) is 0 Å². The van der Waals surface area contributed by atoms with E-state index in [4.69, 9.17) is 5.11 Å². The number of allylic oxidation sites excluding steroid dienone is 4. The molecule has 0 aromatic rings. The third-order valence-corrected chi connectivity index (χ3v) is 4.91. The molecule has 2 rings (SSSR count). The van der Waals surface area contributed by atoms with Crippen LogP contribution in [0.15, 0.2) is 27.6 Å². The molecule has 6 heteroatoms. The van der Waals surface area contributed by atoms with Crippen LogP contribution in [0.3, 0.4) is 0 Å². The minimum Gasteiger partial charge on any atom is -0.480 e. The Balaban J connectivity index is 1.99. The predicted molar refractivity (Wildman–Crippen MR) is 89.4 cm³/mol. The average Bonchev–Trinajstić information content (AvgIpc) is 2.46. The number of ketones is 1. The number of nitrogens with zero attached hydrogens (tertiary/aromatic N) is 1. The summed E-state index contributed by atoms with van der Waals surface area (Å²) in [5.41, 5.74) is 1.40. The quantitative estimate of drug-likeness (QED) is 0.429. The lowest BCUT2D eigenvalue weighted by Gasteiger charge is -2.21. The van der Waals surface area contributed by atoms with Gasteiger partial charge in [-0.3, -0.25) is 9.79 Å². The Hall–Kier alpha value is -1.01. The van der Waals surface area contributed by atoms with E-state index in [9.17, 15) is 9.59 Å². The van der Waals surface area contributed by atoms with Crippen molar-refractivity contribution in [1.29, 1.82) is 0 Å². The zero-order valence-electron chi connectivity index (χ0n) is 11.7. The maximum atomic E-state index is 12.0. The van der Waals surface area contributed by atoms with Crippen LogP contribution in [0.5, 0.6) is 0 Å². The van der Waals surface area contributed by atoms with Gasteiger partial charge >= 0.3 is 5.97 Å². The highest BCUT2D eigenvalue weighted by atomic mass is 32.2. The Morgan fingerprint density at radius 3 is 2.81 bits per heavy atom. The number of unbranched alkanes of at least 4 members (excludes halogenated alkanes) is 3. The number of hydrogen-bond acceptors (Lipinski definition) is 5. The van der Waals surface area contributed by atoms with Gasteiger partial charge in [-0.15, -0.1) is 11.8 Å². The molecule has 0 bridgehead atoms. The van der Waals surface area contributed by atoms with Gasteiger partial charge in [0.05, 0.1) is 5.71 Å². The molecule has 21 heavy (non-hydrogen) atoms. The lowest BCUT2D eigenvalue weighted by atomic mass is 9.97. The van der Waals surface area contributed by atoms with E-state index in [1.165, 1.54) is 11.8 Å². The van der Waals surface area contributed by atoms with E-state index in [2.05, 4.69) is 17.6 Å².